The Hall–Kier alpha value is -1.29. The van der Waals surface area contributed by atoms with Gasteiger partial charge in [0.15, 0.2) is 0 Å². The Morgan fingerprint density at radius 1 is 1.35 bits per heavy atom. The predicted molar refractivity (Wildman–Crippen MR) is 93.0 cm³/mol. The van der Waals surface area contributed by atoms with Gasteiger partial charge in [0.2, 0.25) is 0 Å². The smallest absolute Gasteiger partial charge is 0.144 e. The van der Waals surface area contributed by atoms with Gasteiger partial charge < -0.3 is 14.6 Å². The lowest BCUT2D eigenvalue weighted by atomic mass is 9.50. The minimum Gasteiger partial charge on any atom is -0.497 e. The first kappa shape index (κ1) is 13.7. The number of hydrogen-bond donors (Lipinski definition) is 1. The summed E-state index contributed by atoms with van der Waals surface area (Å²) in [5.41, 5.74) is 5.29. The fraction of sp³-hybridized carbons (Fsp3) is 0.429. The molecule has 6 heteroatoms. The summed E-state index contributed by atoms with van der Waals surface area (Å²) in [4.78, 5) is 6.05. The molecule has 1 aliphatic heterocycles. The molecule has 0 unspecified atom stereocenters. The van der Waals surface area contributed by atoms with E-state index in [2.05, 4.69) is 52.6 Å². The number of H-pyrrole nitrogens is 1. The number of hydrogen-bond acceptors (Lipinski definition) is 2. The zero-order valence-electron chi connectivity index (χ0n) is 13.1. The summed E-state index contributed by atoms with van der Waals surface area (Å²) in [6.45, 7) is 2.21. The van der Waals surface area contributed by atoms with Crippen molar-refractivity contribution in [1.82, 2.24) is 9.88 Å². The summed E-state index contributed by atoms with van der Waals surface area (Å²) in [7, 11) is 10.8. The third-order valence-corrected chi connectivity index (χ3v) is 4.48. The molecule has 3 nitrogen and oxygen atoms in total. The molecule has 1 N–H and O–H groups in total. The Morgan fingerprint density at radius 3 is 2.80 bits per heavy atom. The van der Waals surface area contributed by atoms with Gasteiger partial charge in [0.1, 0.15) is 29.3 Å². The number of methoxy groups -OCH3 is 1. The Morgan fingerprint density at radius 2 is 2.10 bits per heavy atom. The molecule has 20 heavy (non-hydrogen) atoms. The van der Waals surface area contributed by atoms with E-state index < -0.39 is 0 Å². The van der Waals surface area contributed by atoms with Crippen molar-refractivity contribution in [2.75, 3.05) is 27.2 Å². The van der Waals surface area contributed by atoms with E-state index in [1.165, 1.54) is 27.6 Å². The SMILES string of the molecule is Bc1cc2c3c([nH]c2cc1OC)CCN(C)CC3(B)B. The fourth-order valence-corrected chi connectivity index (χ4v) is 3.70. The van der Waals surface area contributed by atoms with Gasteiger partial charge in [-0.25, -0.2) is 0 Å². The van der Waals surface area contributed by atoms with Crippen LogP contribution in [0, 0.1) is 0 Å². The van der Waals surface area contributed by atoms with Crippen molar-refractivity contribution in [2.24, 2.45) is 0 Å². The Bertz CT molecular complexity index is 666. The first-order valence-electron chi connectivity index (χ1n) is 7.30. The second-order valence-electron chi connectivity index (χ2n) is 6.72. The van der Waals surface area contributed by atoms with E-state index in [0.717, 1.165) is 25.3 Å². The van der Waals surface area contributed by atoms with Gasteiger partial charge in [0, 0.05) is 35.6 Å². The largest absolute Gasteiger partial charge is 0.497 e. The molecule has 0 fully saturated rings. The van der Waals surface area contributed by atoms with Crippen LogP contribution in [0.1, 0.15) is 11.3 Å². The highest BCUT2D eigenvalue weighted by atomic mass is 16.5. The van der Waals surface area contributed by atoms with Crippen LogP contribution in [-0.2, 0) is 11.6 Å². The molecule has 2 aromatic rings. The second-order valence-corrected chi connectivity index (χ2v) is 6.72. The van der Waals surface area contributed by atoms with Crippen LogP contribution in [-0.4, -0.2) is 60.7 Å². The summed E-state index contributed by atoms with van der Waals surface area (Å²) in [6.07, 6.45) is 1.09. The minimum atomic E-state index is 0.167. The second kappa shape index (κ2) is 4.62. The quantitative estimate of drug-likeness (QED) is 0.626. The number of ether oxygens (including phenoxy) is 1. The van der Waals surface area contributed by atoms with Gasteiger partial charge >= 0.3 is 0 Å². The zero-order chi connectivity index (χ0) is 14.5. The van der Waals surface area contributed by atoms with Crippen molar-refractivity contribution < 1.29 is 4.74 Å². The van der Waals surface area contributed by atoms with Crippen LogP contribution in [0.3, 0.4) is 0 Å². The highest BCUT2D eigenvalue weighted by Gasteiger charge is 2.31. The number of nitrogens with zero attached hydrogens (tertiary/aromatic N) is 1. The molecule has 0 bridgehead atoms. The maximum atomic E-state index is 5.45. The summed E-state index contributed by atoms with van der Waals surface area (Å²) >= 11 is 0. The fourth-order valence-electron chi connectivity index (χ4n) is 3.70. The van der Waals surface area contributed by atoms with Gasteiger partial charge in [-0.3, -0.25) is 0 Å². The van der Waals surface area contributed by atoms with Crippen LogP contribution in [0.15, 0.2) is 12.1 Å². The Labute approximate surface area is 123 Å². The first-order valence-corrected chi connectivity index (χ1v) is 7.30. The molecule has 0 atom stereocenters. The highest BCUT2D eigenvalue weighted by molar-refractivity contribution is 6.42. The average molecular weight is 266 g/mol. The zero-order valence-corrected chi connectivity index (χ0v) is 13.1. The monoisotopic (exact) mass is 266 g/mol. The molecule has 0 radical (unpaired) electrons. The van der Waals surface area contributed by atoms with E-state index in [-0.39, 0.29) is 5.21 Å². The van der Waals surface area contributed by atoms with Crippen LogP contribution < -0.4 is 10.2 Å². The summed E-state index contributed by atoms with van der Waals surface area (Å²) in [5, 5.41) is 1.53. The van der Waals surface area contributed by atoms with Crippen LogP contribution >= 0.6 is 0 Å². The van der Waals surface area contributed by atoms with E-state index in [1.54, 1.807) is 7.11 Å². The molecule has 0 saturated heterocycles. The minimum absolute atomic E-state index is 0.167. The third kappa shape index (κ3) is 2.06. The van der Waals surface area contributed by atoms with Crippen molar-refractivity contribution in [3.63, 3.8) is 0 Å². The molecule has 1 aliphatic rings. The number of fused-ring (bicyclic) bond motifs is 3. The molecule has 102 valence electrons. The lowest BCUT2D eigenvalue weighted by molar-refractivity contribution is 0.337. The molecule has 0 saturated carbocycles. The van der Waals surface area contributed by atoms with E-state index in [0.29, 0.717) is 0 Å². The first-order chi connectivity index (χ1) is 9.42. The molecule has 2 heterocycles. The average Bonchev–Trinajstić information content (AvgIpc) is 2.67. The van der Waals surface area contributed by atoms with Crippen molar-refractivity contribution in [1.29, 1.82) is 0 Å². The van der Waals surface area contributed by atoms with Gasteiger partial charge in [0.25, 0.3) is 0 Å². The molecule has 0 aliphatic carbocycles. The van der Waals surface area contributed by atoms with Crippen LogP contribution in [0.2, 0.25) is 0 Å². The number of aromatic amines is 1. The van der Waals surface area contributed by atoms with Crippen molar-refractivity contribution in [3.8, 4) is 5.75 Å². The van der Waals surface area contributed by atoms with Gasteiger partial charge in [-0.15, -0.1) is 0 Å². The van der Waals surface area contributed by atoms with Crippen molar-refractivity contribution in [2.45, 2.75) is 11.6 Å². The summed E-state index contributed by atoms with van der Waals surface area (Å²) in [5.74, 6) is 0.962. The van der Waals surface area contributed by atoms with Crippen molar-refractivity contribution in [3.05, 3.63) is 23.4 Å². The highest BCUT2D eigenvalue weighted by Crippen LogP contribution is 2.34. The molecule has 1 aromatic heterocycles. The number of likely N-dealkylation sites (N-methyl/N-ethyl adjacent to an activating group) is 1. The van der Waals surface area contributed by atoms with Gasteiger partial charge in [-0.2, -0.15) is 0 Å². The van der Waals surface area contributed by atoms with Crippen LogP contribution in [0.5, 0.6) is 5.75 Å². The van der Waals surface area contributed by atoms with E-state index >= 15 is 0 Å². The maximum absolute atomic E-state index is 5.45. The third-order valence-electron chi connectivity index (χ3n) is 4.48. The molecule has 1 aromatic carbocycles. The van der Waals surface area contributed by atoms with E-state index in [4.69, 9.17) is 4.74 Å². The molecule has 0 amide bonds. The van der Waals surface area contributed by atoms with Crippen molar-refractivity contribution >= 4 is 39.9 Å². The summed E-state index contributed by atoms with van der Waals surface area (Å²) < 4.78 is 5.45. The van der Waals surface area contributed by atoms with Gasteiger partial charge in [-0.1, -0.05) is 6.07 Å². The predicted octanol–water partition coefficient (Wildman–Crippen LogP) is -1.66. The summed E-state index contributed by atoms with van der Waals surface area (Å²) in [6, 6.07) is 4.41. The molecule has 3 rings (SSSR count). The normalized spacial score (nSPS) is 18.7. The maximum Gasteiger partial charge on any atom is 0.144 e. The lowest BCUT2D eigenvalue weighted by Gasteiger charge is -2.28. The number of rotatable bonds is 1. The lowest BCUT2D eigenvalue weighted by Crippen LogP contribution is -2.39. The van der Waals surface area contributed by atoms with E-state index in [1.807, 2.05) is 0 Å². The van der Waals surface area contributed by atoms with Gasteiger partial charge in [-0.05, 0) is 29.8 Å². The number of benzene rings is 1. The van der Waals surface area contributed by atoms with Gasteiger partial charge in [0.05, 0.1) is 7.11 Å². The number of aromatic nitrogens is 1. The number of nitrogens with one attached hydrogen (secondary N) is 1. The van der Waals surface area contributed by atoms with E-state index in [9.17, 15) is 0 Å². The Kier molecular flexibility index (Phi) is 3.16. The molecule has 0 spiro atoms. The topological polar surface area (TPSA) is 28.3 Å². The van der Waals surface area contributed by atoms with Crippen LogP contribution in [0.25, 0.3) is 10.9 Å². The Balaban J connectivity index is 2.26. The van der Waals surface area contributed by atoms with Crippen LogP contribution in [0.4, 0.5) is 0 Å². The molecular formula is C14H21B3N2O. The standard InChI is InChI=1S/C14H21B3N2O/c1-19-4-3-10-13(14(16,17)7-19)8-5-9(15)12(20-2)6-11(8)18-10/h5-6,18H,3-4,7,15-17H2,1-2H3. The molecular weight excluding hydrogens is 245 g/mol.